The molecule has 2 saturated heterocycles. The summed E-state index contributed by atoms with van der Waals surface area (Å²) in [7, 11) is 0. The van der Waals surface area contributed by atoms with Crippen molar-refractivity contribution in [3.05, 3.63) is 0 Å². The van der Waals surface area contributed by atoms with Crippen LogP contribution in [0, 0.1) is 5.92 Å². The third kappa shape index (κ3) is 4.52. The van der Waals surface area contributed by atoms with Crippen LogP contribution >= 0.6 is 0 Å². The summed E-state index contributed by atoms with van der Waals surface area (Å²) in [5.41, 5.74) is 0. The van der Waals surface area contributed by atoms with Crippen molar-refractivity contribution in [1.29, 1.82) is 0 Å². The number of unbranched alkanes of at least 4 members (excludes halogenated alkanes) is 1. The molecule has 0 saturated carbocycles. The van der Waals surface area contributed by atoms with Crippen molar-refractivity contribution in [3.8, 4) is 0 Å². The van der Waals surface area contributed by atoms with Gasteiger partial charge in [-0.2, -0.15) is 0 Å². The van der Waals surface area contributed by atoms with E-state index < -0.39 is 0 Å². The van der Waals surface area contributed by atoms with E-state index in [1.165, 1.54) is 25.7 Å². The van der Waals surface area contributed by atoms with Crippen LogP contribution in [0.4, 0.5) is 0 Å². The normalized spacial score (nSPS) is 31.7. The predicted octanol–water partition coefficient (Wildman–Crippen LogP) is 2.90. The van der Waals surface area contributed by atoms with Crippen LogP contribution in [0.25, 0.3) is 0 Å². The molecule has 3 unspecified atom stereocenters. The number of ether oxygens (including phenoxy) is 2. The molecule has 0 spiro atoms. The summed E-state index contributed by atoms with van der Waals surface area (Å²) in [6.45, 7) is 3.99. The van der Waals surface area contributed by atoms with Crippen molar-refractivity contribution < 1.29 is 14.6 Å². The molecular weight excluding hydrogens is 228 g/mol. The Morgan fingerprint density at radius 2 is 1.89 bits per heavy atom. The Hall–Kier alpha value is -0.120. The Bertz CT molecular complexity index is 226. The summed E-state index contributed by atoms with van der Waals surface area (Å²) in [5.74, 6) is 0.860. The molecule has 2 aliphatic rings. The minimum atomic E-state index is -0.246. The van der Waals surface area contributed by atoms with Gasteiger partial charge in [0.1, 0.15) is 0 Å². The van der Waals surface area contributed by atoms with E-state index in [0.29, 0.717) is 6.10 Å². The van der Waals surface area contributed by atoms with E-state index in [-0.39, 0.29) is 12.2 Å². The van der Waals surface area contributed by atoms with Crippen LogP contribution in [0.3, 0.4) is 0 Å². The zero-order valence-corrected chi connectivity index (χ0v) is 11.6. The second kappa shape index (κ2) is 7.46. The van der Waals surface area contributed by atoms with Gasteiger partial charge in [-0.1, -0.05) is 19.3 Å². The minimum absolute atomic E-state index is 0.100. The van der Waals surface area contributed by atoms with Gasteiger partial charge in [0.15, 0.2) is 0 Å². The van der Waals surface area contributed by atoms with Crippen molar-refractivity contribution in [2.75, 3.05) is 13.2 Å². The molecule has 2 heterocycles. The Balaban J connectivity index is 1.52. The lowest BCUT2D eigenvalue weighted by atomic mass is 9.93. The van der Waals surface area contributed by atoms with Gasteiger partial charge < -0.3 is 14.6 Å². The third-order valence-electron chi connectivity index (χ3n) is 4.40. The van der Waals surface area contributed by atoms with Crippen LogP contribution < -0.4 is 0 Å². The number of aliphatic hydroxyl groups is 1. The molecule has 2 fully saturated rings. The van der Waals surface area contributed by atoms with E-state index in [9.17, 15) is 5.11 Å². The SMILES string of the molecule is CC1CCC(C(O)CCCCC2CCOCC2)O1. The van der Waals surface area contributed by atoms with Gasteiger partial charge in [0.2, 0.25) is 0 Å². The molecule has 3 heteroatoms. The molecular formula is C15H28O3. The summed E-state index contributed by atoms with van der Waals surface area (Å²) < 4.78 is 11.1. The van der Waals surface area contributed by atoms with Gasteiger partial charge in [-0.15, -0.1) is 0 Å². The first-order valence-corrected chi connectivity index (χ1v) is 7.67. The topological polar surface area (TPSA) is 38.7 Å². The van der Waals surface area contributed by atoms with Crippen LogP contribution in [0.15, 0.2) is 0 Å². The highest BCUT2D eigenvalue weighted by molar-refractivity contribution is 4.77. The van der Waals surface area contributed by atoms with Gasteiger partial charge in [-0.25, -0.2) is 0 Å². The molecule has 2 rings (SSSR count). The van der Waals surface area contributed by atoms with E-state index >= 15 is 0 Å². The van der Waals surface area contributed by atoms with Crippen molar-refractivity contribution >= 4 is 0 Å². The molecule has 2 aliphatic heterocycles. The maximum atomic E-state index is 10.1. The van der Waals surface area contributed by atoms with Gasteiger partial charge in [0, 0.05) is 13.2 Å². The van der Waals surface area contributed by atoms with Crippen molar-refractivity contribution in [1.82, 2.24) is 0 Å². The summed E-state index contributed by atoms with van der Waals surface area (Å²) >= 11 is 0. The van der Waals surface area contributed by atoms with Crippen molar-refractivity contribution in [2.45, 2.75) is 76.6 Å². The first kappa shape index (κ1) is 14.3. The summed E-state index contributed by atoms with van der Waals surface area (Å²) in [6.07, 6.45) is 9.36. The highest BCUT2D eigenvalue weighted by Crippen LogP contribution is 2.25. The highest BCUT2D eigenvalue weighted by Gasteiger charge is 2.27. The lowest BCUT2D eigenvalue weighted by Gasteiger charge is -2.22. The summed E-state index contributed by atoms with van der Waals surface area (Å²) in [5, 5.41) is 10.1. The Morgan fingerprint density at radius 1 is 1.11 bits per heavy atom. The third-order valence-corrected chi connectivity index (χ3v) is 4.40. The smallest absolute Gasteiger partial charge is 0.0838 e. The van der Waals surface area contributed by atoms with Gasteiger partial charge in [0.05, 0.1) is 18.3 Å². The van der Waals surface area contributed by atoms with E-state index in [1.807, 2.05) is 0 Å². The standard InChI is InChI=1S/C15H28O3/c1-12-6-7-15(18-12)14(16)5-3-2-4-13-8-10-17-11-9-13/h12-16H,2-11H2,1H3. The minimum Gasteiger partial charge on any atom is -0.390 e. The van der Waals surface area contributed by atoms with Crippen LogP contribution in [0.1, 0.15) is 58.3 Å². The average Bonchev–Trinajstić information content (AvgIpc) is 2.82. The number of aliphatic hydroxyl groups excluding tert-OH is 1. The van der Waals surface area contributed by atoms with Crippen LogP contribution in [0.5, 0.6) is 0 Å². The molecule has 0 radical (unpaired) electrons. The first-order valence-electron chi connectivity index (χ1n) is 7.67. The predicted molar refractivity (Wildman–Crippen MR) is 71.6 cm³/mol. The molecule has 0 aromatic rings. The molecule has 1 N–H and O–H groups in total. The molecule has 18 heavy (non-hydrogen) atoms. The van der Waals surface area contributed by atoms with Crippen molar-refractivity contribution in [3.63, 3.8) is 0 Å². The van der Waals surface area contributed by atoms with Crippen molar-refractivity contribution in [2.24, 2.45) is 5.92 Å². The molecule has 0 aromatic carbocycles. The van der Waals surface area contributed by atoms with E-state index in [1.54, 1.807) is 0 Å². The Morgan fingerprint density at radius 3 is 2.56 bits per heavy atom. The molecule has 0 amide bonds. The molecule has 0 aliphatic carbocycles. The summed E-state index contributed by atoms with van der Waals surface area (Å²) in [6, 6.07) is 0. The van der Waals surface area contributed by atoms with Gasteiger partial charge in [-0.3, -0.25) is 0 Å². The fraction of sp³-hybridized carbons (Fsp3) is 1.00. The lowest BCUT2D eigenvalue weighted by molar-refractivity contribution is -0.0324. The molecule has 106 valence electrons. The van der Waals surface area contributed by atoms with Gasteiger partial charge >= 0.3 is 0 Å². The molecule has 3 atom stereocenters. The molecule has 0 bridgehead atoms. The lowest BCUT2D eigenvalue weighted by Crippen LogP contribution is -2.26. The van der Waals surface area contributed by atoms with Crippen LogP contribution in [-0.4, -0.2) is 36.6 Å². The maximum absolute atomic E-state index is 10.1. The Kier molecular flexibility index (Phi) is 5.93. The first-order chi connectivity index (χ1) is 8.75. The highest BCUT2D eigenvalue weighted by atomic mass is 16.5. The van der Waals surface area contributed by atoms with Gasteiger partial charge in [-0.05, 0) is 44.9 Å². The van der Waals surface area contributed by atoms with E-state index in [4.69, 9.17) is 9.47 Å². The largest absolute Gasteiger partial charge is 0.390 e. The number of hydrogen-bond donors (Lipinski definition) is 1. The average molecular weight is 256 g/mol. The zero-order chi connectivity index (χ0) is 12.8. The second-order valence-electron chi connectivity index (χ2n) is 5.97. The van der Waals surface area contributed by atoms with Crippen LogP contribution in [-0.2, 0) is 9.47 Å². The molecule has 3 nitrogen and oxygen atoms in total. The summed E-state index contributed by atoms with van der Waals surface area (Å²) in [4.78, 5) is 0. The fourth-order valence-electron chi connectivity index (χ4n) is 3.12. The second-order valence-corrected chi connectivity index (χ2v) is 5.97. The van der Waals surface area contributed by atoms with Gasteiger partial charge in [0.25, 0.3) is 0 Å². The maximum Gasteiger partial charge on any atom is 0.0838 e. The monoisotopic (exact) mass is 256 g/mol. The quantitative estimate of drug-likeness (QED) is 0.743. The van der Waals surface area contributed by atoms with E-state index in [0.717, 1.165) is 44.8 Å². The number of hydrogen-bond acceptors (Lipinski definition) is 3. The van der Waals surface area contributed by atoms with E-state index in [2.05, 4.69) is 6.92 Å². The Labute approximate surface area is 111 Å². The zero-order valence-electron chi connectivity index (χ0n) is 11.6. The fourth-order valence-corrected chi connectivity index (χ4v) is 3.12. The number of rotatable bonds is 6. The molecule has 0 aromatic heterocycles. The van der Waals surface area contributed by atoms with Crippen LogP contribution in [0.2, 0.25) is 0 Å².